The molecule has 22 aromatic rings. The van der Waals surface area contributed by atoms with Gasteiger partial charge in [-0.1, -0.05) is 322 Å². The van der Waals surface area contributed by atoms with Gasteiger partial charge in [-0.3, -0.25) is 0 Å². The minimum Gasteiger partial charge on any atom is -0.309 e. The average Bonchev–Trinajstić information content (AvgIpc) is 1.51. The molecule has 0 bridgehead atoms. The number of fused-ring (bicyclic) bond motifs is 20. The first-order valence-electron chi connectivity index (χ1n) is 35.4. The molecule has 0 saturated heterocycles. The molecule has 0 aliphatic heterocycles. The monoisotopic (exact) mass is 1290 g/mol. The number of aromatic nitrogens is 2. The molecule has 0 atom stereocenters. The van der Waals surface area contributed by atoms with Crippen LogP contribution >= 0.6 is 0 Å². The first-order chi connectivity index (χ1) is 50.6. The maximum Gasteiger partial charge on any atom is 0.0547 e. The molecule has 0 unspecified atom stereocenters. The Morgan fingerprint density at radius 3 is 0.745 bits per heavy atom. The van der Waals surface area contributed by atoms with Gasteiger partial charge in [-0.2, -0.15) is 0 Å². The van der Waals surface area contributed by atoms with Gasteiger partial charge in [-0.15, -0.1) is 0 Å². The molecule has 0 amide bonds. The van der Waals surface area contributed by atoms with Gasteiger partial charge in [0.25, 0.3) is 0 Å². The molecule has 2 aromatic heterocycles. The number of rotatable bonds is 6. The van der Waals surface area contributed by atoms with Crippen LogP contribution in [0.15, 0.2) is 376 Å². The first-order valence-corrected chi connectivity index (χ1v) is 35.4. The Kier molecular flexibility index (Phi) is 13.1. The molecule has 2 heterocycles. The summed E-state index contributed by atoms with van der Waals surface area (Å²) in [7, 11) is 0. The van der Waals surface area contributed by atoms with Crippen molar-refractivity contribution in [3.63, 3.8) is 0 Å². The fourth-order valence-corrected chi connectivity index (χ4v) is 17.5. The van der Waals surface area contributed by atoms with Crippen LogP contribution in [-0.4, -0.2) is 9.13 Å². The summed E-state index contributed by atoms with van der Waals surface area (Å²) >= 11 is 0. The van der Waals surface area contributed by atoms with Crippen molar-refractivity contribution in [2.75, 3.05) is 0 Å². The number of hydrogen-bond acceptors (Lipinski definition) is 0. The van der Waals surface area contributed by atoms with Crippen LogP contribution in [0, 0.1) is 0 Å². The molecule has 2 heteroatoms. The zero-order chi connectivity index (χ0) is 66.9. The van der Waals surface area contributed by atoms with E-state index in [0.717, 1.165) is 11.4 Å². The van der Waals surface area contributed by atoms with Crippen LogP contribution in [0.4, 0.5) is 0 Å². The zero-order valence-electron chi connectivity index (χ0n) is 55.7. The van der Waals surface area contributed by atoms with Crippen molar-refractivity contribution >= 4 is 151 Å². The molecule has 0 aliphatic rings. The van der Waals surface area contributed by atoms with Gasteiger partial charge >= 0.3 is 0 Å². The Balaban J connectivity index is 0.000000133. The van der Waals surface area contributed by atoms with E-state index in [2.05, 4.69) is 385 Å². The van der Waals surface area contributed by atoms with Gasteiger partial charge in [0.15, 0.2) is 0 Å². The Labute approximate surface area is 588 Å². The predicted molar refractivity (Wildman–Crippen MR) is 438 cm³/mol. The molecule has 0 saturated carbocycles. The van der Waals surface area contributed by atoms with E-state index in [9.17, 15) is 0 Å². The largest absolute Gasteiger partial charge is 0.309 e. The fraction of sp³-hybridized carbons (Fsp3) is 0. The minimum absolute atomic E-state index is 1.16. The molecule has 22 rings (SSSR count). The van der Waals surface area contributed by atoms with Crippen molar-refractivity contribution in [2.45, 2.75) is 0 Å². The second kappa shape index (κ2) is 23.1. The lowest BCUT2D eigenvalue weighted by Crippen LogP contribution is -1.95. The summed E-state index contributed by atoms with van der Waals surface area (Å²) in [5.41, 5.74) is 17.3. The number of hydrogen-bond donors (Lipinski definition) is 0. The zero-order valence-corrected chi connectivity index (χ0v) is 55.7. The van der Waals surface area contributed by atoms with Crippen LogP contribution in [0.5, 0.6) is 0 Å². The van der Waals surface area contributed by atoms with Gasteiger partial charge in [0, 0.05) is 32.9 Å². The van der Waals surface area contributed by atoms with E-state index in [-0.39, 0.29) is 0 Å². The summed E-state index contributed by atoms with van der Waals surface area (Å²) in [4.78, 5) is 0. The standard InChI is InChI=1S/2C50H31N/c1-4-16-37-32(12-1)15-11-23-40(37)48-43-21-9-7-19-41(43)47(42-20-8-10-22-44(42)48)35-24-28-36(29-25-35)51-45-30-26-33-13-2-5-17-38(33)49(45)50-39-18-6-3-14-34(39)27-31-46(50)51;1-2-14-36-31-37(22-21-32(36)11-1)48-43-19-9-7-17-41(43)47(42-18-8-10-20-44(42)48)35-23-27-38(28-24-35)51-45-29-25-33-12-3-5-15-39(33)49(45)50-40-16-6-4-13-34(40)26-30-46(50)51/h2*1-31H. The van der Waals surface area contributed by atoms with Gasteiger partial charge in [0.2, 0.25) is 0 Å². The van der Waals surface area contributed by atoms with E-state index >= 15 is 0 Å². The van der Waals surface area contributed by atoms with Gasteiger partial charge in [-0.05, 0) is 207 Å². The highest BCUT2D eigenvalue weighted by atomic mass is 15.0. The van der Waals surface area contributed by atoms with Crippen LogP contribution in [0.3, 0.4) is 0 Å². The number of benzene rings is 20. The van der Waals surface area contributed by atoms with Gasteiger partial charge < -0.3 is 9.13 Å². The van der Waals surface area contributed by atoms with Crippen molar-refractivity contribution in [3.8, 4) is 55.9 Å². The van der Waals surface area contributed by atoms with E-state index in [4.69, 9.17) is 0 Å². The van der Waals surface area contributed by atoms with Crippen molar-refractivity contribution in [2.24, 2.45) is 0 Å². The minimum atomic E-state index is 1.16. The lowest BCUT2D eigenvalue weighted by Gasteiger charge is -2.19. The van der Waals surface area contributed by atoms with Gasteiger partial charge in [0.1, 0.15) is 0 Å². The Bertz CT molecular complexity index is 6920. The summed E-state index contributed by atoms with van der Waals surface area (Å²) < 4.78 is 4.90. The smallest absolute Gasteiger partial charge is 0.0547 e. The van der Waals surface area contributed by atoms with Gasteiger partial charge in [-0.25, -0.2) is 0 Å². The van der Waals surface area contributed by atoms with Crippen LogP contribution < -0.4 is 0 Å². The molecule has 0 aliphatic carbocycles. The molecule has 2 nitrogen and oxygen atoms in total. The third-order valence-corrected chi connectivity index (χ3v) is 21.9. The quantitative estimate of drug-likeness (QED) is 0.147. The van der Waals surface area contributed by atoms with Crippen LogP contribution in [0.2, 0.25) is 0 Å². The second-order valence-corrected chi connectivity index (χ2v) is 27.3. The highest BCUT2D eigenvalue weighted by Crippen LogP contribution is 2.49. The summed E-state index contributed by atoms with van der Waals surface area (Å²) in [5, 5.41) is 30.6. The van der Waals surface area contributed by atoms with Crippen molar-refractivity contribution in [1.82, 2.24) is 9.13 Å². The lowest BCUT2D eigenvalue weighted by atomic mass is 9.85. The Hall–Kier alpha value is -13.4. The summed E-state index contributed by atoms with van der Waals surface area (Å²) in [6.45, 7) is 0. The Morgan fingerprint density at radius 1 is 0.147 bits per heavy atom. The van der Waals surface area contributed by atoms with E-state index in [0.29, 0.717) is 0 Å². The maximum atomic E-state index is 2.45. The molecule has 472 valence electrons. The normalized spacial score (nSPS) is 11.9. The molecule has 102 heavy (non-hydrogen) atoms. The molecule has 0 radical (unpaired) electrons. The van der Waals surface area contributed by atoms with Crippen LogP contribution in [-0.2, 0) is 0 Å². The van der Waals surface area contributed by atoms with E-state index < -0.39 is 0 Å². The van der Waals surface area contributed by atoms with Gasteiger partial charge in [0.05, 0.1) is 22.1 Å². The lowest BCUT2D eigenvalue weighted by molar-refractivity contribution is 1.18. The Morgan fingerprint density at radius 2 is 0.392 bits per heavy atom. The van der Waals surface area contributed by atoms with Crippen molar-refractivity contribution in [3.05, 3.63) is 376 Å². The summed E-state index contributed by atoms with van der Waals surface area (Å²) in [5.74, 6) is 0. The maximum absolute atomic E-state index is 2.45. The second-order valence-electron chi connectivity index (χ2n) is 27.3. The molecular formula is C100H62N2. The van der Waals surface area contributed by atoms with Crippen LogP contribution in [0.25, 0.3) is 207 Å². The molecular weight excluding hydrogens is 1230 g/mol. The highest BCUT2D eigenvalue weighted by molar-refractivity contribution is 6.31. The predicted octanol–water partition coefficient (Wildman–Crippen LogP) is 27.8. The van der Waals surface area contributed by atoms with Crippen LogP contribution in [0.1, 0.15) is 0 Å². The molecule has 0 N–H and O–H groups in total. The SMILES string of the molecule is c1ccc2c(-c3c4ccccc4c(-c4ccc(-n5c6ccc7ccccc7c6c6c7ccccc7ccc65)cc4)c4ccccc34)cccc2c1.c1ccc2cc(-c3c4ccccc4c(-c4ccc(-n5c6ccc7ccccc7c6c6c7ccccc7ccc65)cc4)c4ccccc34)ccc2c1. The van der Waals surface area contributed by atoms with E-state index in [1.165, 1.54) is 196 Å². The summed E-state index contributed by atoms with van der Waals surface area (Å²) in [6.07, 6.45) is 0. The molecule has 20 aromatic carbocycles. The topological polar surface area (TPSA) is 9.86 Å². The number of nitrogens with zero attached hydrogens (tertiary/aromatic N) is 2. The van der Waals surface area contributed by atoms with E-state index in [1.807, 2.05) is 0 Å². The first kappa shape index (κ1) is 57.6. The third kappa shape index (κ3) is 8.86. The third-order valence-electron chi connectivity index (χ3n) is 21.9. The van der Waals surface area contributed by atoms with E-state index in [1.54, 1.807) is 0 Å². The average molecular weight is 1290 g/mol. The molecule has 0 fully saturated rings. The van der Waals surface area contributed by atoms with Crippen molar-refractivity contribution < 1.29 is 0 Å². The highest BCUT2D eigenvalue weighted by Gasteiger charge is 2.23. The fourth-order valence-electron chi connectivity index (χ4n) is 17.5. The van der Waals surface area contributed by atoms with Crippen molar-refractivity contribution in [1.29, 1.82) is 0 Å². The molecule has 0 spiro atoms. The summed E-state index contributed by atoms with van der Waals surface area (Å²) in [6, 6.07) is 138.